The van der Waals surface area contributed by atoms with Crippen LogP contribution >= 0.6 is 0 Å². The average molecular weight is 259 g/mol. The Labute approximate surface area is 112 Å². The second-order valence-corrected chi connectivity index (χ2v) is 5.18. The van der Waals surface area contributed by atoms with Crippen LogP contribution in [0, 0.1) is 12.7 Å². The minimum atomic E-state index is -0.226. The van der Waals surface area contributed by atoms with Gasteiger partial charge >= 0.3 is 0 Å². The number of benzene rings is 1. The topological polar surface area (TPSA) is 29.9 Å². The van der Waals surface area contributed by atoms with Gasteiger partial charge < -0.3 is 5.32 Å². The first kappa shape index (κ1) is 12.2. The lowest BCUT2D eigenvalue weighted by atomic mass is 10.2. The van der Waals surface area contributed by atoms with Crippen molar-refractivity contribution in [2.45, 2.75) is 38.6 Å². The summed E-state index contributed by atoms with van der Waals surface area (Å²) in [5, 5.41) is 3.48. The largest absolute Gasteiger partial charge is 0.353 e. The van der Waals surface area contributed by atoms with E-state index in [1.54, 1.807) is 6.07 Å². The van der Waals surface area contributed by atoms with Crippen LogP contribution in [0.1, 0.15) is 31.4 Å². The minimum absolute atomic E-state index is 0.226. The van der Waals surface area contributed by atoms with Gasteiger partial charge in [0.2, 0.25) is 5.95 Å². The molecule has 0 unspecified atom stereocenters. The molecule has 3 nitrogen and oxygen atoms in total. The third kappa shape index (κ3) is 2.62. The van der Waals surface area contributed by atoms with Crippen LogP contribution in [0.25, 0.3) is 5.69 Å². The van der Waals surface area contributed by atoms with Gasteiger partial charge in [-0.25, -0.2) is 9.37 Å². The number of aryl methyl sites for hydroxylation is 1. The summed E-state index contributed by atoms with van der Waals surface area (Å²) in [7, 11) is 0. The van der Waals surface area contributed by atoms with E-state index >= 15 is 0 Å². The molecule has 1 N–H and O–H groups in total. The highest BCUT2D eigenvalue weighted by atomic mass is 19.1. The molecule has 2 aromatic rings. The molecule has 1 saturated carbocycles. The molecule has 100 valence electrons. The molecule has 0 amide bonds. The third-order valence-electron chi connectivity index (χ3n) is 3.60. The SMILES string of the molecule is Cc1cn(-c2cccc(F)c2)c(NC2CCCC2)n1. The molecule has 0 saturated heterocycles. The summed E-state index contributed by atoms with van der Waals surface area (Å²) >= 11 is 0. The van der Waals surface area contributed by atoms with Crippen LogP contribution in [0.15, 0.2) is 30.5 Å². The van der Waals surface area contributed by atoms with E-state index in [4.69, 9.17) is 0 Å². The first-order valence-corrected chi connectivity index (χ1v) is 6.81. The Morgan fingerprint density at radius 2 is 2.11 bits per heavy atom. The highest BCUT2D eigenvalue weighted by Crippen LogP contribution is 2.24. The van der Waals surface area contributed by atoms with Gasteiger partial charge in [-0.05, 0) is 38.0 Å². The van der Waals surface area contributed by atoms with Gasteiger partial charge in [0, 0.05) is 12.2 Å². The predicted molar refractivity (Wildman–Crippen MR) is 74.1 cm³/mol. The molecule has 4 heteroatoms. The molecular weight excluding hydrogens is 241 g/mol. The Morgan fingerprint density at radius 3 is 2.84 bits per heavy atom. The summed E-state index contributed by atoms with van der Waals surface area (Å²) in [6.45, 7) is 1.95. The molecule has 0 bridgehead atoms. The van der Waals surface area contributed by atoms with Crippen molar-refractivity contribution in [2.75, 3.05) is 5.32 Å². The van der Waals surface area contributed by atoms with E-state index in [0.29, 0.717) is 6.04 Å². The number of hydrogen-bond acceptors (Lipinski definition) is 2. The molecule has 0 spiro atoms. The van der Waals surface area contributed by atoms with Crippen molar-refractivity contribution in [3.8, 4) is 5.69 Å². The Kier molecular flexibility index (Phi) is 3.23. The zero-order valence-electron chi connectivity index (χ0n) is 11.1. The summed E-state index contributed by atoms with van der Waals surface area (Å²) in [5.74, 6) is 0.589. The first-order chi connectivity index (χ1) is 9.22. The molecule has 0 aliphatic heterocycles. The molecule has 1 heterocycles. The summed E-state index contributed by atoms with van der Waals surface area (Å²) < 4.78 is 15.3. The average Bonchev–Trinajstić information content (AvgIpc) is 3.00. The van der Waals surface area contributed by atoms with Crippen molar-refractivity contribution in [2.24, 2.45) is 0 Å². The molecular formula is C15H18FN3. The van der Waals surface area contributed by atoms with E-state index in [-0.39, 0.29) is 5.82 Å². The fraction of sp³-hybridized carbons (Fsp3) is 0.400. The summed E-state index contributed by atoms with van der Waals surface area (Å²) in [6.07, 6.45) is 6.87. The lowest BCUT2D eigenvalue weighted by molar-refractivity contribution is 0.626. The smallest absolute Gasteiger partial charge is 0.207 e. The summed E-state index contributed by atoms with van der Waals surface area (Å²) in [5.41, 5.74) is 1.74. The van der Waals surface area contributed by atoms with Gasteiger partial charge in [0.15, 0.2) is 0 Å². The van der Waals surface area contributed by atoms with E-state index in [2.05, 4.69) is 10.3 Å². The minimum Gasteiger partial charge on any atom is -0.353 e. The summed E-state index contributed by atoms with van der Waals surface area (Å²) in [6, 6.07) is 7.09. The standard InChI is InChI=1S/C15H18FN3/c1-11-10-19(14-8-4-5-12(16)9-14)15(17-11)18-13-6-2-3-7-13/h4-5,8-10,13H,2-3,6-7H2,1H3,(H,17,18). The predicted octanol–water partition coefficient (Wildman–Crippen LogP) is 3.67. The number of imidazole rings is 1. The van der Waals surface area contributed by atoms with Crippen molar-refractivity contribution in [3.63, 3.8) is 0 Å². The number of anilines is 1. The summed E-state index contributed by atoms with van der Waals surface area (Å²) in [4.78, 5) is 4.51. The van der Waals surface area contributed by atoms with Gasteiger partial charge in [0.1, 0.15) is 5.82 Å². The molecule has 1 aliphatic rings. The Bertz CT molecular complexity index is 571. The zero-order chi connectivity index (χ0) is 13.2. The van der Waals surface area contributed by atoms with Crippen molar-refractivity contribution in [1.29, 1.82) is 0 Å². The van der Waals surface area contributed by atoms with E-state index in [0.717, 1.165) is 17.3 Å². The van der Waals surface area contributed by atoms with E-state index in [1.807, 2.05) is 23.8 Å². The normalized spacial score (nSPS) is 15.9. The van der Waals surface area contributed by atoms with Crippen LogP contribution in [0.5, 0.6) is 0 Å². The van der Waals surface area contributed by atoms with Crippen molar-refractivity contribution < 1.29 is 4.39 Å². The number of rotatable bonds is 3. The quantitative estimate of drug-likeness (QED) is 0.911. The zero-order valence-corrected chi connectivity index (χ0v) is 11.1. The van der Waals surface area contributed by atoms with Crippen LogP contribution in [0.4, 0.5) is 10.3 Å². The second kappa shape index (κ2) is 5.03. The van der Waals surface area contributed by atoms with Crippen molar-refractivity contribution >= 4 is 5.95 Å². The molecule has 19 heavy (non-hydrogen) atoms. The maximum Gasteiger partial charge on any atom is 0.207 e. The van der Waals surface area contributed by atoms with Gasteiger partial charge in [0.05, 0.1) is 11.4 Å². The Morgan fingerprint density at radius 1 is 1.32 bits per heavy atom. The van der Waals surface area contributed by atoms with Crippen LogP contribution in [0.2, 0.25) is 0 Å². The Balaban J connectivity index is 1.92. The Hall–Kier alpha value is -1.84. The highest BCUT2D eigenvalue weighted by molar-refractivity contribution is 5.43. The fourth-order valence-corrected chi connectivity index (χ4v) is 2.68. The second-order valence-electron chi connectivity index (χ2n) is 5.18. The molecule has 0 radical (unpaired) electrons. The lowest BCUT2D eigenvalue weighted by Crippen LogP contribution is -2.17. The van der Waals surface area contributed by atoms with Crippen molar-refractivity contribution in [3.05, 3.63) is 42.0 Å². The monoisotopic (exact) mass is 259 g/mol. The van der Waals surface area contributed by atoms with E-state index in [1.165, 1.54) is 37.8 Å². The van der Waals surface area contributed by atoms with Crippen LogP contribution in [0.3, 0.4) is 0 Å². The van der Waals surface area contributed by atoms with Gasteiger partial charge in [-0.1, -0.05) is 18.9 Å². The van der Waals surface area contributed by atoms with Gasteiger partial charge in [-0.3, -0.25) is 4.57 Å². The van der Waals surface area contributed by atoms with Crippen LogP contribution in [-0.4, -0.2) is 15.6 Å². The van der Waals surface area contributed by atoms with Crippen LogP contribution in [-0.2, 0) is 0 Å². The van der Waals surface area contributed by atoms with Crippen molar-refractivity contribution in [1.82, 2.24) is 9.55 Å². The number of halogens is 1. The molecule has 1 aromatic carbocycles. The number of aromatic nitrogens is 2. The number of nitrogens with zero attached hydrogens (tertiary/aromatic N) is 2. The van der Waals surface area contributed by atoms with Gasteiger partial charge in [0.25, 0.3) is 0 Å². The fourth-order valence-electron chi connectivity index (χ4n) is 2.68. The third-order valence-corrected chi connectivity index (χ3v) is 3.60. The molecule has 1 fully saturated rings. The molecule has 0 atom stereocenters. The highest BCUT2D eigenvalue weighted by Gasteiger charge is 2.17. The van der Waals surface area contributed by atoms with Gasteiger partial charge in [-0.15, -0.1) is 0 Å². The molecule has 3 rings (SSSR count). The number of nitrogens with one attached hydrogen (secondary N) is 1. The van der Waals surface area contributed by atoms with E-state index in [9.17, 15) is 4.39 Å². The lowest BCUT2D eigenvalue weighted by Gasteiger charge is -2.14. The molecule has 1 aliphatic carbocycles. The maximum absolute atomic E-state index is 13.3. The van der Waals surface area contributed by atoms with Crippen LogP contribution < -0.4 is 5.32 Å². The molecule has 1 aromatic heterocycles. The maximum atomic E-state index is 13.3. The first-order valence-electron chi connectivity index (χ1n) is 6.81. The van der Waals surface area contributed by atoms with E-state index < -0.39 is 0 Å². The van der Waals surface area contributed by atoms with Gasteiger partial charge in [-0.2, -0.15) is 0 Å². The number of hydrogen-bond donors (Lipinski definition) is 1.